The Balaban J connectivity index is 1.28. The van der Waals surface area contributed by atoms with Crippen molar-refractivity contribution in [1.29, 1.82) is 0 Å². The smallest absolute Gasteiger partial charge is 0.163 e. The molecule has 2 unspecified atom stereocenters. The van der Waals surface area contributed by atoms with Crippen LogP contribution in [0.1, 0.15) is 56.6 Å². The highest BCUT2D eigenvalue weighted by atomic mass is 16.5. The summed E-state index contributed by atoms with van der Waals surface area (Å²) in [5.41, 5.74) is 3.50. The van der Waals surface area contributed by atoms with E-state index in [1.807, 2.05) is 6.20 Å². The van der Waals surface area contributed by atoms with Crippen LogP contribution < -0.4 is 14.8 Å². The minimum Gasteiger partial charge on any atom is -0.493 e. The second kappa shape index (κ2) is 8.56. The molecule has 0 saturated carbocycles. The SMILES string of the molecule is COc1cc2c(cc1OCCCN1CCCC1)[nH]c1ccnc(C3CC4CCC(C3)N4)c12. The Morgan fingerprint density at radius 3 is 2.66 bits per heavy atom. The molecular weight excluding hydrogens is 400 g/mol. The maximum absolute atomic E-state index is 6.18. The Morgan fingerprint density at radius 2 is 1.88 bits per heavy atom. The Kier molecular flexibility index (Phi) is 5.43. The Morgan fingerprint density at radius 1 is 1.06 bits per heavy atom. The molecule has 6 heteroatoms. The maximum atomic E-state index is 6.18. The third-order valence-electron chi connectivity index (χ3n) is 7.76. The van der Waals surface area contributed by atoms with Crippen molar-refractivity contribution < 1.29 is 9.47 Å². The molecule has 2 atom stereocenters. The quantitative estimate of drug-likeness (QED) is 0.533. The molecule has 0 radical (unpaired) electrons. The van der Waals surface area contributed by atoms with Crippen LogP contribution in [0.25, 0.3) is 21.8 Å². The van der Waals surface area contributed by atoms with Crippen LogP contribution in [0.3, 0.4) is 0 Å². The zero-order valence-electron chi connectivity index (χ0n) is 19.0. The lowest BCUT2D eigenvalue weighted by molar-refractivity contribution is 0.254. The topological polar surface area (TPSA) is 62.4 Å². The van der Waals surface area contributed by atoms with Gasteiger partial charge in [-0.25, -0.2) is 0 Å². The number of nitrogens with zero attached hydrogens (tertiary/aromatic N) is 2. The van der Waals surface area contributed by atoms with Crippen molar-refractivity contribution in [1.82, 2.24) is 20.2 Å². The van der Waals surface area contributed by atoms with E-state index in [1.54, 1.807) is 7.11 Å². The number of ether oxygens (including phenoxy) is 2. The van der Waals surface area contributed by atoms with Gasteiger partial charge in [0.15, 0.2) is 11.5 Å². The number of aromatic amines is 1. The summed E-state index contributed by atoms with van der Waals surface area (Å²) in [7, 11) is 1.73. The van der Waals surface area contributed by atoms with Crippen molar-refractivity contribution >= 4 is 21.8 Å². The fourth-order valence-electron chi connectivity index (χ4n) is 6.22. The van der Waals surface area contributed by atoms with Crippen molar-refractivity contribution in [2.45, 2.75) is 62.9 Å². The van der Waals surface area contributed by atoms with Crippen molar-refractivity contribution in [3.63, 3.8) is 0 Å². The molecule has 32 heavy (non-hydrogen) atoms. The molecule has 3 saturated heterocycles. The van der Waals surface area contributed by atoms with Crippen molar-refractivity contribution in [3.05, 3.63) is 30.1 Å². The van der Waals surface area contributed by atoms with E-state index < -0.39 is 0 Å². The number of hydrogen-bond donors (Lipinski definition) is 2. The standard InChI is InChI=1S/C26H34N4O2/c1-31-23-15-20-22(16-24(23)32-12-4-11-30-9-2-3-10-30)29-21-7-8-27-26(25(20)21)17-13-18-5-6-19(14-17)28-18/h7-8,15-19,28-29H,2-6,9-14H2,1H3. The highest BCUT2D eigenvalue weighted by Gasteiger charge is 2.35. The number of aromatic nitrogens is 2. The summed E-state index contributed by atoms with van der Waals surface area (Å²) in [6.45, 7) is 4.30. The van der Waals surface area contributed by atoms with Gasteiger partial charge < -0.3 is 24.7 Å². The van der Waals surface area contributed by atoms with Crippen LogP contribution in [-0.4, -0.2) is 60.3 Å². The van der Waals surface area contributed by atoms with Gasteiger partial charge in [0.05, 0.1) is 24.9 Å². The first kappa shape index (κ1) is 20.3. The van der Waals surface area contributed by atoms with E-state index in [0.717, 1.165) is 35.5 Å². The van der Waals surface area contributed by atoms with Gasteiger partial charge in [-0.15, -0.1) is 0 Å². The van der Waals surface area contributed by atoms with Gasteiger partial charge in [-0.05, 0) is 70.2 Å². The zero-order valence-corrected chi connectivity index (χ0v) is 19.0. The molecule has 6 rings (SSSR count). The van der Waals surface area contributed by atoms with Crippen molar-refractivity contribution in [2.75, 3.05) is 33.4 Å². The van der Waals surface area contributed by atoms with Gasteiger partial charge in [0.25, 0.3) is 0 Å². The van der Waals surface area contributed by atoms with E-state index in [-0.39, 0.29) is 0 Å². The van der Waals surface area contributed by atoms with Gasteiger partial charge in [0.2, 0.25) is 0 Å². The van der Waals surface area contributed by atoms with Gasteiger partial charge in [-0.3, -0.25) is 4.98 Å². The normalized spacial score (nSPS) is 25.7. The summed E-state index contributed by atoms with van der Waals surface area (Å²) in [5, 5.41) is 6.21. The molecule has 3 aromatic rings. The monoisotopic (exact) mass is 434 g/mol. The summed E-state index contributed by atoms with van der Waals surface area (Å²) in [4.78, 5) is 11.1. The van der Waals surface area contributed by atoms with Crippen LogP contribution in [0.15, 0.2) is 24.4 Å². The highest BCUT2D eigenvalue weighted by molar-refractivity contribution is 6.09. The fourth-order valence-corrected chi connectivity index (χ4v) is 6.22. The van der Waals surface area contributed by atoms with Crippen LogP contribution in [0.2, 0.25) is 0 Å². The van der Waals surface area contributed by atoms with Crippen LogP contribution in [0, 0.1) is 0 Å². The van der Waals surface area contributed by atoms with E-state index in [9.17, 15) is 0 Å². The largest absolute Gasteiger partial charge is 0.493 e. The average Bonchev–Trinajstić information content (AvgIpc) is 3.54. The van der Waals surface area contributed by atoms with E-state index >= 15 is 0 Å². The fraction of sp³-hybridized carbons (Fsp3) is 0.577. The van der Waals surface area contributed by atoms with E-state index in [4.69, 9.17) is 14.5 Å². The molecule has 3 aliphatic heterocycles. The van der Waals surface area contributed by atoms with Gasteiger partial charge in [-0.1, -0.05) is 0 Å². The van der Waals surface area contributed by atoms with Crippen LogP contribution >= 0.6 is 0 Å². The average molecular weight is 435 g/mol. The Bertz CT molecular complexity index is 1090. The third kappa shape index (κ3) is 3.73. The number of rotatable bonds is 7. The molecule has 0 aliphatic carbocycles. The lowest BCUT2D eigenvalue weighted by atomic mass is 9.87. The van der Waals surface area contributed by atoms with Gasteiger partial charge >= 0.3 is 0 Å². The first-order valence-corrected chi connectivity index (χ1v) is 12.4. The number of H-pyrrole nitrogens is 1. The lowest BCUT2D eigenvalue weighted by Crippen LogP contribution is -2.37. The van der Waals surface area contributed by atoms with Gasteiger partial charge in [0, 0.05) is 53.1 Å². The molecule has 1 aromatic carbocycles. The summed E-state index contributed by atoms with van der Waals surface area (Å²) in [6.07, 6.45) is 10.6. The predicted molar refractivity (Wildman–Crippen MR) is 128 cm³/mol. The number of piperidine rings is 1. The molecule has 2 aromatic heterocycles. The second-order valence-corrected chi connectivity index (χ2v) is 9.85. The molecule has 2 N–H and O–H groups in total. The number of fused-ring (bicyclic) bond motifs is 5. The summed E-state index contributed by atoms with van der Waals surface area (Å²) in [5.74, 6) is 2.14. The van der Waals surface area contributed by atoms with Crippen LogP contribution in [-0.2, 0) is 0 Å². The van der Waals surface area contributed by atoms with Crippen molar-refractivity contribution in [3.8, 4) is 11.5 Å². The van der Waals surface area contributed by atoms with E-state index in [0.29, 0.717) is 24.6 Å². The minimum absolute atomic E-state index is 0.518. The van der Waals surface area contributed by atoms with Crippen LogP contribution in [0.4, 0.5) is 0 Å². The zero-order chi connectivity index (χ0) is 21.5. The summed E-state index contributed by atoms with van der Waals surface area (Å²) in [6, 6.07) is 7.65. The number of nitrogens with one attached hydrogen (secondary N) is 2. The van der Waals surface area contributed by atoms with Gasteiger partial charge in [-0.2, -0.15) is 0 Å². The molecule has 5 heterocycles. The Hall–Kier alpha value is -2.31. The van der Waals surface area contributed by atoms with Crippen LogP contribution in [0.5, 0.6) is 11.5 Å². The first-order chi connectivity index (χ1) is 15.8. The van der Waals surface area contributed by atoms with Gasteiger partial charge in [0.1, 0.15) is 0 Å². The number of hydrogen-bond acceptors (Lipinski definition) is 5. The highest BCUT2D eigenvalue weighted by Crippen LogP contribution is 2.42. The number of pyridine rings is 1. The molecule has 0 amide bonds. The molecule has 170 valence electrons. The Labute approximate surface area is 189 Å². The van der Waals surface area contributed by atoms with E-state index in [2.05, 4.69) is 33.4 Å². The maximum Gasteiger partial charge on any atom is 0.163 e. The molecule has 3 aliphatic rings. The number of benzene rings is 1. The number of likely N-dealkylation sites (tertiary alicyclic amines) is 1. The molecule has 0 spiro atoms. The molecule has 3 fully saturated rings. The minimum atomic E-state index is 0.518. The lowest BCUT2D eigenvalue weighted by Gasteiger charge is -2.29. The molecule has 2 bridgehead atoms. The summed E-state index contributed by atoms with van der Waals surface area (Å²) < 4.78 is 11.9. The van der Waals surface area contributed by atoms with Crippen molar-refractivity contribution in [2.24, 2.45) is 0 Å². The number of methoxy groups -OCH3 is 1. The second-order valence-electron chi connectivity index (χ2n) is 9.85. The first-order valence-electron chi connectivity index (χ1n) is 12.4. The predicted octanol–water partition coefficient (Wildman–Crippen LogP) is 4.59. The molecule has 6 nitrogen and oxygen atoms in total. The third-order valence-corrected chi connectivity index (χ3v) is 7.76. The summed E-state index contributed by atoms with van der Waals surface area (Å²) >= 11 is 0. The van der Waals surface area contributed by atoms with E-state index in [1.165, 1.54) is 68.1 Å². The molecular formula is C26H34N4O2.